The van der Waals surface area contributed by atoms with Crippen LogP contribution < -0.4 is 0 Å². The highest BCUT2D eigenvalue weighted by Gasteiger charge is 2.42. The van der Waals surface area contributed by atoms with E-state index in [0.29, 0.717) is 29.3 Å². The zero-order valence-corrected chi connectivity index (χ0v) is 20.9. The van der Waals surface area contributed by atoms with E-state index in [2.05, 4.69) is 0 Å². The topological polar surface area (TPSA) is 78.9 Å². The van der Waals surface area contributed by atoms with Crippen LogP contribution in [0.1, 0.15) is 71.7 Å². The summed E-state index contributed by atoms with van der Waals surface area (Å²) in [6.07, 6.45) is 3.09. The molecule has 4 rings (SSSR count). The van der Waals surface area contributed by atoms with Crippen LogP contribution in [0.2, 0.25) is 5.02 Å². The first-order valence-electron chi connectivity index (χ1n) is 11.6. The van der Waals surface area contributed by atoms with Crippen LogP contribution in [0.3, 0.4) is 0 Å². The van der Waals surface area contributed by atoms with Crippen molar-refractivity contribution in [1.82, 2.24) is 0 Å². The Balaban J connectivity index is 1.68. The molecule has 0 aliphatic heterocycles. The molecule has 8 heteroatoms. The molecule has 2 aliphatic rings. The van der Waals surface area contributed by atoms with Crippen molar-refractivity contribution < 1.29 is 27.7 Å². The van der Waals surface area contributed by atoms with Crippen LogP contribution in [-0.4, -0.2) is 24.8 Å². The van der Waals surface area contributed by atoms with Gasteiger partial charge in [-0.05, 0) is 69.1 Å². The van der Waals surface area contributed by atoms with Gasteiger partial charge in [0.2, 0.25) is 5.78 Å². The fourth-order valence-electron chi connectivity index (χ4n) is 4.80. The molecule has 0 spiro atoms. The first kappa shape index (κ1) is 24.9. The van der Waals surface area contributed by atoms with Crippen LogP contribution in [0.4, 0.5) is 0 Å². The van der Waals surface area contributed by atoms with Crippen molar-refractivity contribution >= 4 is 31.0 Å². The predicted molar refractivity (Wildman–Crippen MR) is 130 cm³/mol. The first-order valence-corrected chi connectivity index (χ1v) is 13.5. The maximum absolute atomic E-state index is 13.6. The molecule has 0 heterocycles. The fourth-order valence-corrected chi connectivity index (χ4v) is 6.14. The van der Waals surface area contributed by atoms with E-state index in [4.69, 9.17) is 25.2 Å². The van der Waals surface area contributed by atoms with E-state index < -0.39 is 13.6 Å². The van der Waals surface area contributed by atoms with Gasteiger partial charge in [0.25, 0.3) is 0 Å². The summed E-state index contributed by atoms with van der Waals surface area (Å²) in [4.78, 5) is 27.0. The second-order valence-electron chi connectivity index (χ2n) is 8.42. The number of hydrogen-bond donors (Lipinski definition) is 0. The van der Waals surface area contributed by atoms with Crippen molar-refractivity contribution in [3.05, 3.63) is 81.6 Å². The minimum Gasteiger partial charge on any atom is -0.399 e. The van der Waals surface area contributed by atoms with Gasteiger partial charge in [0, 0.05) is 21.7 Å². The quantitative estimate of drug-likeness (QED) is 0.357. The molecule has 0 amide bonds. The lowest BCUT2D eigenvalue weighted by atomic mass is 9.72. The van der Waals surface area contributed by atoms with Gasteiger partial charge in [0.05, 0.1) is 13.2 Å². The second kappa shape index (κ2) is 10.6. The van der Waals surface area contributed by atoms with E-state index in [9.17, 15) is 14.2 Å². The van der Waals surface area contributed by atoms with E-state index in [-0.39, 0.29) is 41.8 Å². The highest BCUT2D eigenvalue weighted by Crippen LogP contribution is 2.54. The number of benzene rings is 2. The van der Waals surface area contributed by atoms with Gasteiger partial charge in [-0.3, -0.25) is 18.6 Å². The summed E-state index contributed by atoms with van der Waals surface area (Å²) in [5.74, 6) is -0.786. The molecule has 1 saturated carbocycles. The van der Waals surface area contributed by atoms with Crippen molar-refractivity contribution in [2.24, 2.45) is 5.92 Å². The average Bonchev–Trinajstić information content (AvgIpc) is 2.84. The van der Waals surface area contributed by atoms with E-state index in [1.54, 1.807) is 38.1 Å². The molecular formula is C26H28ClO6P. The van der Waals surface area contributed by atoms with Gasteiger partial charge in [-0.25, -0.2) is 4.57 Å². The average molecular weight is 503 g/mol. The van der Waals surface area contributed by atoms with Gasteiger partial charge >= 0.3 is 7.82 Å². The third-order valence-corrected chi connectivity index (χ3v) is 8.17. The normalized spacial score (nSPS) is 20.9. The van der Waals surface area contributed by atoms with Gasteiger partial charge in [0.15, 0.2) is 11.5 Å². The number of rotatable bonds is 8. The minimum absolute atomic E-state index is 0.0742. The maximum Gasteiger partial charge on any atom is 0.530 e. The van der Waals surface area contributed by atoms with Crippen LogP contribution in [0, 0.1) is 5.92 Å². The molecule has 0 saturated heterocycles. The zero-order chi connectivity index (χ0) is 24.3. The van der Waals surface area contributed by atoms with Crippen molar-refractivity contribution in [3.8, 4) is 0 Å². The summed E-state index contributed by atoms with van der Waals surface area (Å²) in [7, 11) is -4.06. The molecule has 0 radical (unpaired) electrons. The van der Waals surface area contributed by atoms with Gasteiger partial charge in [-0.2, -0.15) is 0 Å². The molecule has 2 aliphatic carbocycles. The smallest absolute Gasteiger partial charge is 0.399 e. The first-order chi connectivity index (χ1) is 16.4. The summed E-state index contributed by atoms with van der Waals surface area (Å²) >= 11 is 6.03. The number of ketones is 2. The van der Waals surface area contributed by atoms with Crippen LogP contribution in [0.25, 0.3) is 0 Å². The Morgan fingerprint density at radius 2 is 1.35 bits per heavy atom. The number of allylic oxidation sites excluding steroid dienone is 2. The Morgan fingerprint density at radius 1 is 0.824 bits per heavy atom. The second-order valence-corrected chi connectivity index (χ2v) is 10.5. The summed E-state index contributed by atoms with van der Waals surface area (Å²) in [6.45, 7) is 3.46. The molecule has 2 aromatic rings. The fraction of sp³-hybridized carbons (Fsp3) is 0.385. The van der Waals surface area contributed by atoms with E-state index >= 15 is 0 Å². The molecule has 0 unspecified atom stereocenters. The Labute approximate surface area is 204 Å². The van der Waals surface area contributed by atoms with Crippen molar-refractivity contribution in [1.29, 1.82) is 0 Å². The van der Waals surface area contributed by atoms with Gasteiger partial charge in [-0.1, -0.05) is 48.0 Å². The third kappa shape index (κ3) is 5.06. The molecule has 0 bridgehead atoms. The Hall–Kier alpha value is -2.24. The lowest BCUT2D eigenvalue weighted by Crippen LogP contribution is -2.29. The number of carbonyl (C=O) groups excluding carboxylic acids is 2. The molecule has 6 nitrogen and oxygen atoms in total. The standard InChI is InChI=1S/C26H28ClO6P/c1-3-31-34(30,32-4-2)33-26-23(24(28)21-7-5-6-8-22(21)25(26)29)19-11-9-17(10-12-19)18-13-15-20(27)16-14-18/h5-8,13-17,19H,3-4,9-12H2,1-2H3. The van der Waals surface area contributed by atoms with Crippen molar-refractivity contribution in [2.45, 2.75) is 45.4 Å². The van der Waals surface area contributed by atoms with Gasteiger partial charge in [0.1, 0.15) is 0 Å². The lowest BCUT2D eigenvalue weighted by molar-refractivity contribution is 0.0875. The number of phosphoric acid groups is 1. The highest BCUT2D eigenvalue weighted by atomic mass is 35.5. The number of fused-ring (bicyclic) bond motifs is 1. The largest absolute Gasteiger partial charge is 0.530 e. The lowest BCUT2D eigenvalue weighted by Gasteiger charge is -2.33. The Kier molecular flexibility index (Phi) is 7.73. The molecule has 1 fully saturated rings. The summed E-state index contributed by atoms with van der Waals surface area (Å²) < 4.78 is 29.4. The predicted octanol–water partition coefficient (Wildman–Crippen LogP) is 7.14. The Morgan fingerprint density at radius 3 is 1.91 bits per heavy atom. The Bertz CT molecular complexity index is 1140. The highest BCUT2D eigenvalue weighted by molar-refractivity contribution is 7.48. The monoisotopic (exact) mass is 502 g/mol. The molecule has 0 aromatic heterocycles. The SMILES string of the molecule is CCOP(=O)(OCC)OC1=C(C2CCC(c3ccc(Cl)cc3)CC2)C(=O)c2ccccc2C1=O. The van der Waals surface area contributed by atoms with E-state index in [1.807, 2.05) is 24.3 Å². The van der Waals surface area contributed by atoms with Crippen LogP contribution in [0.15, 0.2) is 59.9 Å². The number of hydrogen-bond acceptors (Lipinski definition) is 6. The molecule has 0 atom stereocenters. The number of carbonyl (C=O) groups is 2. The van der Waals surface area contributed by atoms with Crippen molar-refractivity contribution in [2.75, 3.05) is 13.2 Å². The van der Waals surface area contributed by atoms with E-state index in [1.165, 1.54) is 5.56 Å². The molecular weight excluding hydrogens is 475 g/mol. The van der Waals surface area contributed by atoms with Gasteiger partial charge in [-0.15, -0.1) is 0 Å². The number of halogens is 1. The molecule has 2 aromatic carbocycles. The van der Waals surface area contributed by atoms with Crippen LogP contribution in [0.5, 0.6) is 0 Å². The molecule has 180 valence electrons. The number of phosphoric ester groups is 1. The maximum atomic E-state index is 13.6. The third-order valence-electron chi connectivity index (χ3n) is 6.37. The van der Waals surface area contributed by atoms with Crippen molar-refractivity contribution in [3.63, 3.8) is 0 Å². The van der Waals surface area contributed by atoms with Crippen LogP contribution in [-0.2, 0) is 18.1 Å². The zero-order valence-electron chi connectivity index (χ0n) is 19.3. The number of Topliss-reactive ketones (excluding diaryl/α,β-unsaturated/α-hetero) is 2. The van der Waals surface area contributed by atoms with E-state index in [0.717, 1.165) is 12.8 Å². The minimum atomic E-state index is -4.06. The summed E-state index contributed by atoms with van der Waals surface area (Å²) in [6, 6.07) is 14.5. The molecule has 0 N–H and O–H groups in total. The summed E-state index contributed by atoms with van der Waals surface area (Å²) in [5.41, 5.74) is 2.07. The summed E-state index contributed by atoms with van der Waals surface area (Å²) in [5, 5.41) is 0.697. The molecule has 34 heavy (non-hydrogen) atoms. The van der Waals surface area contributed by atoms with Crippen LogP contribution >= 0.6 is 19.4 Å². The van der Waals surface area contributed by atoms with Gasteiger partial charge < -0.3 is 4.52 Å².